The molecule has 0 aliphatic carbocycles. The number of carbonyl (C=O) groups excluding carboxylic acids is 2. The number of hydrogen-bond donors (Lipinski definition) is 1. The summed E-state index contributed by atoms with van der Waals surface area (Å²) in [5.74, 6) is -1.06. The molecule has 0 radical (unpaired) electrons. The predicted molar refractivity (Wildman–Crippen MR) is 113 cm³/mol. The fraction of sp³-hybridized carbons (Fsp3) is 0.417. The molecule has 0 saturated carbocycles. The van der Waals surface area contributed by atoms with E-state index in [-0.39, 0.29) is 19.8 Å². The molecule has 0 unspecified atom stereocenters. The highest BCUT2D eigenvalue weighted by molar-refractivity contribution is 5.66. The summed E-state index contributed by atoms with van der Waals surface area (Å²) in [6.45, 7) is 2.74. The minimum Gasteiger partial charge on any atom is -0.463 e. The van der Waals surface area contributed by atoms with Gasteiger partial charge in [-0.1, -0.05) is 60.7 Å². The average Bonchev–Trinajstić information content (AvgIpc) is 2.77. The van der Waals surface area contributed by atoms with E-state index in [1.54, 1.807) is 0 Å². The van der Waals surface area contributed by atoms with Crippen LogP contribution in [0.25, 0.3) is 0 Å². The molecule has 1 aliphatic rings. The summed E-state index contributed by atoms with van der Waals surface area (Å²) >= 11 is 0. The van der Waals surface area contributed by atoms with Crippen LogP contribution in [0.15, 0.2) is 60.7 Å². The van der Waals surface area contributed by atoms with E-state index in [4.69, 9.17) is 23.7 Å². The van der Waals surface area contributed by atoms with Gasteiger partial charge in [0, 0.05) is 13.8 Å². The SMILES string of the molecule is CC(=O)OC[C@H]1O[C@@H](O)[C@@H](OCc2ccccc2)[C@@H](OC(C)=O)[C@@H]1OCc1ccccc1. The maximum absolute atomic E-state index is 11.9. The van der Waals surface area contributed by atoms with Crippen LogP contribution >= 0.6 is 0 Å². The molecular weight excluding hydrogens is 416 g/mol. The molecule has 8 heteroatoms. The van der Waals surface area contributed by atoms with E-state index in [0.29, 0.717) is 0 Å². The van der Waals surface area contributed by atoms with Crippen molar-refractivity contribution in [2.45, 2.75) is 57.8 Å². The van der Waals surface area contributed by atoms with Gasteiger partial charge in [0.15, 0.2) is 12.4 Å². The number of esters is 2. The lowest BCUT2D eigenvalue weighted by Crippen LogP contribution is -2.61. The van der Waals surface area contributed by atoms with Crippen LogP contribution in [0.1, 0.15) is 25.0 Å². The van der Waals surface area contributed by atoms with Crippen LogP contribution in [0.3, 0.4) is 0 Å². The minimum atomic E-state index is -1.42. The maximum Gasteiger partial charge on any atom is 0.303 e. The van der Waals surface area contributed by atoms with Gasteiger partial charge in [0.05, 0.1) is 13.2 Å². The zero-order valence-electron chi connectivity index (χ0n) is 18.1. The summed E-state index contributed by atoms with van der Waals surface area (Å²) < 4.78 is 28.3. The van der Waals surface area contributed by atoms with Crippen molar-refractivity contribution in [1.29, 1.82) is 0 Å². The first-order chi connectivity index (χ1) is 15.4. The van der Waals surface area contributed by atoms with E-state index in [1.807, 2.05) is 60.7 Å². The molecule has 1 heterocycles. The van der Waals surface area contributed by atoms with E-state index >= 15 is 0 Å². The molecule has 1 aliphatic heterocycles. The van der Waals surface area contributed by atoms with Crippen LogP contribution < -0.4 is 0 Å². The van der Waals surface area contributed by atoms with Crippen LogP contribution in [-0.4, -0.2) is 54.4 Å². The third-order valence-electron chi connectivity index (χ3n) is 4.93. The summed E-state index contributed by atoms with van der Waals surface area (Å²) in [5.41, 5.74) is 1.78. The second kappa shape index (κ2) is 11.7. The third-order valence-corrected chi connectivity index (χ3v) is 4.93. The minimum absolute atomic E-state index is 0.170. The molecule has 0 bridgehead atoms. The van der Waals surface area contributed by atoms with Gasteiger partial charge in [-0.25, -0.2) is 0 Å². The molecule has 0 spiro atoms. The molecule has 5 atom stereocenters. The van der Waals surface area contributed by atoms with Gasteiger partial charge < -0.3 is 28.8 Å². The first-order valence-electron chi connectivity index (χ1n) is 10.4. The average molecular weight is 444 g/mol. The van der Waals surface area contributed by atoms with Gasteiger partial charge in [0.2, 0.25) is 0 Å². The second-order valence-corrected chi connectivity index (χ2v) is 7.46. The number of benzene rings is 2. The molecular formula is C24H28O8. The van der Waals surface area contributed by atoms with Crippen LogP contribution in [0.4, 0.5) is 0 Å². The molecule has 1 saturated heterocycles. The smallest absolute Gasteiger partial charge is 0.303 e. The fourth-order valence-corrected chi connectivity index (χ4v) is 3.47. The molecule has 1 N–H and O–H groups in total. The number of rotatable bonds is 9. The summed E-state index contributed by atoms with van der Waals surface area (Å²) in [4.78, 5) is 23.2. The van der Waals surface area contributed by atoms with Gasteiger partial charge >= 0.3 is 11.9 Å². The molecule has 32 heavy (non-hydrogen) atoms. The highest BCUT2D eigenvalue weighted by atomic mass is 16.7. The Kier molecular flexibility index (Phi) is 8.75. The largest absolute Gasteiger partial charge is 0.463 e. The Bertz CT molecular complexity index is 857. The summed E-state index contributed by atoms with van der Waals surface area (Å²) in [6.07, 6.45) is -5.11. The standard InChI is InChI=1S/C24H28O8/c1-16(25)28-15-20-21(29-13-18-9-5-3-6-10-18)22(31-17(2)26)23(24(27)32-20)30-14-19-11-7-4-8-12-19/h3-12,20-24,27H,13-15H2,1-2H3/t20-,21-,22+,23+,24-/m1/s1. The Labute approximate surface area is 187 Å². The lowest BCUT2D eigenvalue weighted by atomic mass is 9.98. The van der Waals surface area contributed by atoms with Gasteiger partial charge in [-0.15, -0.1) is 0 Å². The number of hydrogen-bond acceptors (Lipinski definition) is 8. The Balaban J connectivity index is 1.81. The van der Waals surface area contributed by atoms with Crippen LogP contribution in [0.5, 0.6) is 0 Å². The van der Waals surface area contributed by atoms with Crippen molar-refractivity contribution in [1.82, 2.24) is 0 Å². The Hall–Kier alpha value is -2.78. The van der Waals surface area contributed by atoms with E-state index in [9.17, 15) is 14.7 Å². The van der Waals surface area contributed by atoms with Crippen molar-refractivity contribution in [3.8, 4) is 0 Å². The number of carbonyl (C=O) groups is 2. The van der Waals surface area contributed by atoms with Crippen LogP contribution in [0, 0.1) is 0 Å². The van der Waals surface area contributed by atoms with E-state index < -0.39 is 42.6 Å². The lowest BCUT2D eigenvalue weighted by Gasteiger charge is -2.43. The lowest BCUT2D eigenvalue weighted by molar-refractivity contribution is -0.309. The molecule has 2 aromatic carbocycles. The van der Waals surface area contributed by atoms with Gasteiger partial charge in [-0.2, -0.15) is 0 Å². The molecule has 3 rings (SSSR count). The molecule has 0 amide bonds. The van der Waals surface area contributed by atoms with Crippen LogP contribution in [-0.2, 0) is 46.5 Å². The number of ether oxygens (including phenoxy) is 5. The first kappa shape index (κ1) is 23.9. The van der Waals surface area contributed by atoms with E-state index in [2.05, 4.69) is 0 Å². The molecule has 1 fully saturated rings. The molecule has 8 nitrogen and oxygen atoms in total. The highest BCUT2D eigenvalue weighted by Crippen LogP contribution is 2.29. The van der Waals surface area contributed by atoms with Crippen molar-refractivity contribution in [3.63, 3.8) is 0 Å². The van der Waals surface area contributed by atoms with Gasteiger partial charge in [0.1, 0.15) is 24.9 Å². The number of aliphatic hydroxyl groups excluding tert-OH is 1. The van der Waals surface area contributed by atoms with Gasteiger partial charge in [0.25, 0.3) is 0 Å². The first-order valence-corrected chi connectivity index (χ1v) is 10.4. The fourth-order valence-electron chi connectivity index (χ4n) is 3.47. The monoisotopic (exact) mass is 444 g/mol. The zero-order valence-corrected chi connectivity index (χ0v) is 18.1. The highest BCUT2D eigenvalue weighted by Gasteiger charge is 2.49. The van der Waals surface area contributed by atoms with E-state index in [1.165, 1.54) is 13.8 Å². The van der Waals surface area contributed by atoms with Crippen molar-refractivity contribution in [3.05, 3.63) is 71.8 Å². The Morgan fingerprint density at radius 3 is 1.84 bits per heavy atom. The summed E-state index contributed by atoms with van der Waals surface area (Å²) in [5, 5.41) is 10.6. The molecule has 0 aromatic heterocycles. The maximum atomic E-state index is 11.9. The second-order valence-electron chi connectivity index (χ2n) is 7.46. The molecule has 172 valence electrons. The Morgan fingerprint density at radius 1 is 0.812 bits per heavy atom. The van der Waals surface area contributed by atoms with Crippen molar-refractivity contribution in [2.75, 3.05) is 6.61 Å². The van der Waals surface area contributed by atoms with Gasteiger partial charge in [-0.05, 0) is 11.1 Å². The number of aliphatic hydroxyl groups is 1. The zero-order chi connectivity index (χ0) is 22.9. The van der Waals surface area contributed by atoms with E-state index in [0.717, 1.165) is 11.1 Å². The quantitative estimate of drug-likeness (QED) is 0.589. The normalized spacial score (nSPS) is 25.2. The van der Waals surface area contributed by atoms with Crippen molar-refractivity contribution < 1.29 is 38.4 Å². The predicted octanol–water partition coefficient (Wildman–Crippen LogP) is 2.37. The van der Waals surface area contributed by atoms with Gasteiger partial charge in [-0.3, -0.25) is 9.59 Å². The van der Waals surface area contributed by atoms with Crippen molar-refractivity contribution >= 4 is 11.9 Å². The van der Waals surface area contributed by atoms with Crippen LogP contribution in [0.2, 0.25) is 0 Å². The van der Waals surface area contributed by atoms with Crippen molar-refractivity contribution in [2.24, 2.45) is 0 Å². The summed E-state index contributed by atoms with van der Waals surface area (Å²) in [6, 6.07) is 18.8. The third kappa shape index (κ3) is 6.86. The molecule has 2 aromatic rings. The Morgan fingerprint density at radius 2 is 1.34 bits per heavy atom. The summed E-state index contributed by atoms with van der Waals surface area (Å²) in [7, 11) is 0. The topological polar surface area (TPSA) is 101 Å².